The number of carbonyl (C=O) groups is 1. The van der Waals surface area contributed by atoms with Crippen LogP contribution in [0.25, 0.3) is 0 Å². The van der Waals surface area contributed by atoms with Gasteiger partial charge in [0.2, 0.25) is 6.79 Å². The van der Waals surface area contributed by atoms with Gasteiger partial charge in [0.05, 0.1) is 0 Å². The number of aromatic nitrogens is 2. The van der Waals surface area contributed by atoms with Crippen LogP contribution < -0.4 is 20.1 Å². The summed E-state index contributed by atoms with van der Waals surface area (Å²) in [6, 6.07) is 13.9. The zero-order chi connectivity index (χ0) is 18.8. The van der Waals surface area contributed by atoms with Crippen molar-refractivity contribution in [2.75, 3.05) is 17.4 Å². The number of amides is 1. The second kappa shape index (κ2) is 7.13. The van der Waals surface area contributed by atoms with E-state index in [-0.39, 0.29) is 12.7 Å². The molecule has 1 aliphatic heterocycles. The SMILES string of the molecule is Cc1cc(Cl)ccc1Nc1ccc(NC(=O)c2ccc3c(c2)OCO3)nn1. The van der Waals surface area contributed by atoms with Crippen molar-refractivity contribution in [1.82, 2.24) is 10.2 Å². The van der Waals surface area contributed by atoms with E-state index in [9.17, 15) is 4.79 Å². The summed E-state index contributed by atoms with van der Waals surface area (Å²) in [6.45, 7) is 2.11. The van der Waals surface area contributed by atoms with Gasteiger partial charge in [-0.2, -0.15) is 0 Å². The molecule has 4 rings (SSSR count). The molecule has 27 heavy (non-hydrogen) atoms. The molecule has 2 N–H and O–H groups in total. The molecule has 0 unspecified atom stereocenters. The summed E-state index contributed by atoms with van der Waals surface area (Å²) in [5.74, 6) is 1.76. The lowest BCUT2D eigenvalue weighted by Gasteiger charge is -2.09. The molecule has 2 heterocycles. The summed E-state index contributed by atoms with van der Waals surface area (Å²) in [5, 5.41) is 14.7. The molecule has 0 saturated heterocycles. The lowest BCUT2D eigenvalue weighted by molar-refractivity contribution is 0.102. The highest BCUT2D eigenvalue weighted by Gasteiger charge is 2.16. The quantitative estimate of drug-likeness (QED) is 0.704. The van der Waals surface area contributed by atoms with Crippen molar-refractivity contribution in [2.45, 2.75) is 6.92 Å². The number of rotatable bonds is 4. The van der Waals surface area contributed by atoms with Gasteiger partial charge in [0.25, 0.3) is 5.91 Å². The average Bonchev–Trinajstić information content (AvgIpc) is 3.13. The van der Waals surface area contributed by atoms with Crippen LogP contribution in [0.1, 0.15) is 15.9 Å². The van der Waals surface area contributed by atoms with Crippen LogP contribution in [0, 0.1) is 6.92 Å². The minimum Gasteiger partial charge on any atom is -0.454 e. The van der Waals surface area contributed by atoms with E-state index in [0.717, 1.165) is 11.3 Å². The number of ether oxygens (including phenoxy) is 2. The maximum Gasteiger partial charge on any atom is 0.257 e. The van der Waals surface area contributed by atoms with Crippen LogP contribution in [-0.2, 0) is 0 Å². The smallest absolute Gasteiger partial charge is 0.257 e. The third-order valence-electron chi connectivity index (χ3n) is 3.99. The number of hydrogen-bond donors (Lipinski definition) is 2. The fourth-order valence-electron chi connectivity index (χ4n) is 2.60. The van der Waals surface area contributed by atoms with E-state index in [2.05, 4.69) is 20.8 Å². The van der Waals surface area contributed by atoms with E-state index in [1.54, 1.807) is 36.4 Å². The number of nitrogens with one attached hydrogen (secondary N) is 2. The summed E-state index contributed by atoms with van der Waals surface area (Å²) < 4.78 is 10.5. The summed E-state index contributed by atoms with van der Waals surface area (Å²) in [6.07, 6.45) is 0. The van der Waals surface area contributed by atoms with Crippen LogP contribution in [0.15, 0.2) is 48.5 Å². The molecule has 0 saturated carbocycles. The van der Waals surface area contributed by atoms with E-state index in [1.807, 2.05) is 19.1 Å². The van der Waals surface area contributed by atoms with Gasteiger partial charge >= 0.3 is 0 Å². The summed E-state index contributed by atoms with van der Waals surface area (Å²) in [5.41, 5.74) is 2.32. The van der Waals surface area contributed by atoms with Gasteiger partial charge in [0.1, 0.15) is 0 Å². The van der Waals surface area contributed by atoms with E-state index in [1.165, 1.54) is 0 Å². The first-order chi connectivity index (χ1) is 13.1. The summed E-state index contributed by atoms with van der Waals surface area (Å²) >= 11 is 5.96. The number of hydrogen-bond acceptors (Lipinski definition) is 6. The molecule has 2 aromatic carbocycles. The topological polar surface area (TPSA) is 85.4 Å². The molecule has 7 nitrogen and oxygen atoms in total. The van der Waals surface area contributed by atoms with Gasteiger partial charge in [-0.3, -0.25) is 4.79 Å². The molecular weight excluding hydrogens is 368 g/mol. The highest BCUT2D eigenvalue weighted by molar-refractivity contribution is 6.30. The number of nitrogens with zero attached hydrogens (tertiary/aromatic N) is 2. The first-order valence-corrected chi connectivity index (χ1v) is 8.54. The second-order valence-electron chi connectivity index (χ2n) is 5.91. The Morgan fingerprint density at radius 3 is 2.56 bits per heavy atom. The Morgan fingerprint density at radius 2 is 1.78 bits per heavy atom. The van der Waals surface area contributed by atoms with Gasteiger partial charge in [0.15, 0.2) is 23.1 Å². The molecule has 3 aromatic rings. The van der Waals surface area contributed by atoms with Crippen molar-refractivity contribution in [2.24, 2.45) is 0 Å². The van der Waals surface area contributed by atoms with Crippen LogP contribution in [0.2, 0.25) is 5.02 Å². The molecule has 0 fully saturated rings. The third-order valence-corrected chi connectivity index (χ3v) is 4.23. The van der Waals surface area contributed by atoms with Crippen molar-refractivity contribution in [3.05, 3.63) is 64.7 Å². The number of aryl methyl sites for hydroxylation is 1. The van der Waals surface area contributed by atoms with Gasteiger partial charge in [0, 0.05) is 16.3 Å². The van der Waals surface area contributed by atoms with Gasteiger partial charge in [-0.15, -0.1) is 10.2 Å². The van der Waals surface area contributed by atoms with Crippen LogP contribution in [0.4, 0.5) is 17.3 Å². The van der Waals surface area contributed by atoms with Crippen LogP contribution in [0.3, 0.4) is 0 Å². The number of carbonyl (C=O) groups excluding carboxylic acids is 1. The predicted octanol–water partition coefficient (Wildman–Crippen LogP) is 4.16. The van der Waals surface area contributed by atoms with E-state index in [4.69, 9.17) is 21.1 Å². The van der Waals surface area contributed by atoms with Crippen LogP contribution >= 0.6 is 11.6 Å². The van der Waals surface area contributed by atoms with Gasteiger partial charge in [-0.25, -0.2) is 0 Å². The van der Waals surface area contributed by atoms with E-state index in [0.29, 0.717) is 33.7 Å². The largest absolute Gasteiger partial charge is 0.454 e. The Hall–Kier alpha value is -3.32. The van der Waals surface area contributed by atoms with Crippen molar-refractivity contribution >= 4 is 34.8 Å². The highest BCUT2D eigenvalue weighted by atomic mass is 35.5. The van der Waals surface area contributed by atoms with Crippen molar-refractivity contribution in [3.8, 4) is 11.5 Å². The molecule has 1 aliphatic rings. The van der Waals surface area contributed by atoms with Crippen molar-refractivity contribution < 1.29 is 14.3 Å². The zero-order valence-corrected chi connectivity index (χ0v) is 15.1. The lowest BCUT2D eigenvalue weighted by atomic mass is 10.2. The van der Waals surface area contributed by atoms with Crippen LogP contribution in [0.5, 0.6) is 11.5 Å². The minimum absolute atomic E-state index is 0.160. The normalized spacial score (nSPS) is 11.9. The minimum atomic E-state index is -0.308. The number of halogens is 1. The fourth-order valence-corrected chi connectivity index (χ4v) is 2.82. The summed E-state index contributed by atoms with van der Waals surface area (Å²) in [7, 11) is 0. The Bertz CT molecular complexity index is 1010. The Balaban J connectivity index is 1.43. The van der Waals surface area contributed by atoms with E-state index >= 15 is 0 Å². The molecule has 8 heteroatoms. The summed E-state index contributed by atoms with van der Waals surface area (Å²) in [4.78, 5) is 12.4. The molecule has 136 valence electrons. The lowest BCUT2D eigenvalue weighted by Crippen LogP contribution is -2.13. The molecule has 0 aliphatic carbocycles. The molecule has 0 bridgehead atoms. The van der Waals surface area contributed by atoms with Gasteiger partial charge < -0.3 is 20.1 Å². The van der Waals surface area contributed by atoms with Crippen LogP contribution in [-0.4, -0.2) is 22.9 Å². The number of fused-ring (bicyclic) bond motifs is 1. The predicted molar refractivity (Wildman–Crippen MR) is 102 cm³/mol. The maximum atomic E-state index is 12.4. The maximum absolute atomic E-state index is 12.4. The van der Waals surface area contributed by atoms with Crippen molar-refractivity contribution in [1.29, 1.82) is 0 Å². The molecular formula is C19H15ClN4O3. The third kappa shape index (κ3) is 3.78. The molecule has 0 spiro atoms. The monoisotopic (exact) mass is 382 g/mol. The first-order valence-electron chi connectivity index (χ1n) is 8.16. The second-order valence-corrected chi connectivity index (χ2v) is 6.35. The Labute approximate surface area is 160 Å². The van der Waals surface area contributed by atoms with Gasteiger partial charge in [-0.1, -0.05) is 11.6 Å². The highest BCUT2D eigenvalue weighted by Crippen LogP contribution is 2.32. The molecule has 1 amide bonds. The molecule has 0 radical (unpaired) electrons. The van der Waals surface area contributed by atoms with E-state index < -0.39 is 0 Å². The Morgan fingerprint density at radius 1 is 1.00 bits per heavy atom. The number of benzene rings is 2. The molecule has 0 atom stereocenters. The Kier molecular flexibility index (Phi) is 4.52. The number of anilines is 3. The molecule has 1 aromatic heterocycles. The fraction of sp³-hybridized carbons (Fsp3) is 0.105. The van der Waals surface area contributed by atoms with Gasteiger partial charge in [-0.05, 0) is 61.0 Å². The first kappa shape index (κ1) is 17.1. The standard InChI is InChI=1S/C19H15ClN4O3/c1-11-8-13(20)3-4-14(11)21-17-6-7-18(24-23-17)22-19(25)12-2-5-15-16(9-12)27-10-26-15/h2-9H,10H2,1H3,(H,21,23)(H,22,24,25). The van der Waals surface area contributed by atoms with Crippen molar-refractivity contribution in [3.63, 3.8) is 0 Å². The average molecular weight is 383 g/mol. The zero-order valence-electron chi connectivity index (χ0n) is 14.3.